The van der Waals surface area contributed by atoms with Crippen molar-refractivity contribution in [2.75, 3.05) is 17.7 Å². The molecule has 0 spiro atoms. The van der Waals surface area contributed by atoms with Crippen molar-refractivity contribution in [2.24, 2.45) is 0 Å². The fraction of sp³-hybridized carbons (Fsp3) is 0.333. The smallest absolute Gasteiger partial charge is 0.293 e. The number of alkyl halides is 1. The van der Waals surface area contributed by atoms with Gasteiger partial charge < -0.3 is 10.4 Å². The molecule has 17 heavy (non-hydrogen) atoms. The quantitative estimate of drug-likeness (QED) is 0.495. The van der Waals surface area contributed by atoms with E-state index < -0.39 is 16.8 Å². The first kappa shape index (κ1) is 14.1. The molecule has 1 unspecified atom stereocenters. The van der Waals surface area contributed by atoms with Crippen LogP contribution in [0.2, 0.25) is 0 Å². The summed E-state index contributed by atoms with van der Waals surface area (Å²) < 4.78 is 13.2. The van der Waals surface area contributed by atoms with Crippen molar-refractivity contribution in [1.29, 1.82) is 0 Å². The molecule has 2 N–H and O–H groups in total. The van der Waals surface area contributed by atoms with Gasteiger partial charge in [0.15, 0.2) is 0 Å². The molecule has 94 valence electrons. The molecular weight excluding hydrogens is 318 g/mol. The number of rotatable bonds is 5. The maximum absolute atomic E-state index is 13.2. The zero-order chi connectivity index (χ0) is 13.0. The van der Waals surface area contributed by atoms with Gasteiger partial charge in [-0.15, -0.1) is 11.6 Å². The molecule has 1 aromatic carbocycles. The van der Waals surface area contributed by atoms with Crippen molar-refractivity contribution in [3.8, 4) is 0 Å². The van der Waals surface area contributed by atoms with Gasteiger partial charge in [0.1, 0.15) is 11.5 Å². The van der Waals surface area contributed by atoms with E-state index in [9.17, 15) is 19.6 Å². The molecule has 0 aliphatic rings. The van der Waals surface area contributed by atoms with Crippen LogP contribution in [0.4, 0.5) is 15.8 Å². The second kappa shape index (κ2) is 6.13. The van der Waals surface area contributed by atoms with Crippen LogP contribution >= 0.6 is 27.5 Å². The van der Waals surface area contributed by atoms with Crippen molar-refractivity contribution in [2.45, 2.75) is 6.10 Å². The van der Waals surface area contributed by atoms with E-state index in [-0.39, 0.29) is 28.3 Å². The normalized spacial score (nSPS) is 12.2. The summed E-state index contributed by atoms with van der Waals surface area (Å²) in [4.78, 5) is 10.1. The average Bonchev–Trinajstić information content (AvgIpc) is 2.29. The van der Waals surface area contributed by atoms with E-state index in [4.69, 9.17) is 11.6 Å². The Morgan fingerprint density at radius 3 is 2.82 bits per heavy atom. The lowest BCUT2D eigenvalue weighted by Gasteiger charge is -2.10. The SMILES string of the molecule is O=[N+]([O-])c1cc(Br)c(F)cc1NCC(O)CCl. The largest absolute Gasteiger partial charge is 0.390 e. The lowest BCUT2D eigenvalue weighted by atomic mass is 10.2. The fourth-order valence-electron chi connectivity index (χ4n) is 1.11. The predicted molar refractivity (Wildman–Crippen MR) is 66.0 cm³/mol. The highest BCUT2D eigenvalue weighted by Crippen LogP contribution is 2.30. The van der Waals surface area contributed by atoms with Crippen LogP contribution in [0.15, 0.2) is 16.6 Å². The number of aliphatic hydroxyl groups excluding tert-OH is 1. The first-order chi connectivity index (χ1) is 7.95. The number of hydrogen-bond acceptors (Lipinski definition) is 4. The van der Waals surface area contributed by atoms with Gasteiger partial charge in [-0.05, 0) is 15.9 Å². The number of benzene rings is 1. The first-order valence-electron chi connectivity index (χ1n) is 4.57. The zero-order valence-corrected chi connectivity index (χ0v) is 10.8. The standard InChI is InChI=1S/C9H9BrClFN2O3/c10-6-1-9(14(16)17)8(2-7(6)12)13-4-5(15)3-11/h1-2,5,13,15H,3-4H2. The lowest BCUT2D eigenvalue weighted by molar-refractivity contribution is -0.384. The molecule has 8 heteroatoms. The van der Waals surface area contributed by atoms with E-state index in [0.717, 1.165) is 12.1 Å². The second-order valence-corrected chi connectivity index (χ2v) is 4.39. The third-order valence-corrected chi connectivity index (χ3v) is 2.91. The minimum absolute atomic E-state index is 0.000123. The fourth-order valence-corrected chi connectivity index (χ4v) is 1.55. The Kier molecular flexibility index (Phi) is 5.10. The molecular formula is C9H9BrClFN2O3. The van der Waals surface area contributed by atoms with Gasteiger partial charge in [0, 0.05) is 18.7 Å². The number of aliphatic hydroxyl groups is 1. The highest BCUT2D eigenvalue weighted by molar-refractivity contribution is 9.10. The van der Waals surface area contributed by atoms with Gasteiger partial charge >= 0.3 is 0 Å². The molecule has 0 aliphatic heterocycles. The summed E-state index contributed by atoms with van der Waals surface area (Å²) in [5.74, 6) is -0.641. The minimum Gasteiger partial charge on any atom is -0.390 e. The van der Waals surface area contributed by atoms with Crippen LogP contribution in [0.5, 0.6) is 0 Å². The maximum atomic E-state index is 13.2. The lowest BCUT2D eigenvalue weighted by Crippen LogP contribution is -2.21. The molecule has 5 nitrogen and oxygen atoms in total. The Morgan fingerprint density at radius 2 is 2.29 bits per heavy atom. The van der Waals surface area contributed by atoms with E-state index in [1.807, 2.05) is 0 Å². The van der Waals surface area contributed by atoms with Crippen LogP contribution < -0.4 is 5.32 Å². The van der Waals surface area contributed by atoms with Gasteiger partial charge in [0.05, 0.1) is 21.4 Å². The Labute approximate surface area is 110 Å². The van der Waals surface area contributed by atoms with Gasteiger partial charge in [-0.1, -0.05) is 0 Å². The second-order valence-electron chi connectivity index (χ2n) is 3.23. The topological polar surface area (TPSA) is 75.4 Å². The molecule has 1 atom stereocenters. The number of halogens is 3. The summed E-state index contributed by atoms with van der Waals surface area (Å²) in [6.45, 7) is 0.00537. The monoisotopic (exact) mass is 326 g/mol. The molecule has 0 fully saturated rings. The van der Waals surface area contributed by atoms with E-state index >= 15 is 0 Å². The summed E-state index contributed by atoms with van der Waals surface area (Å²) in [7, 11) is 0. The number of nitrogens with one attached hydrogen (secondary N) is 1. The highest BCUT2D eigenvalue weighted by atomic mass is 79.9. The van der Waals surface area contributed by atoms with Gasteiger partial charge in [-0.2, -0.15) is 0 Å². The Bertz CT molecular complexity index is 433. The molecule has 0 aliphatic carbocycles. The summed E-state index contributed by atoms with van der Waals surface area (Å²) in [6.07, 6.45) is -0.858. The number of nitrogens with zero attached hydrogens (tertiary/aromatic N) is 1. The summed E-state index contributed by atoms with van der Waals surface area (Å²) in [5, 5.41) is 22.5. The van der Waals surface area contributed by atoms with Crippen LogP contribution in [0.25, 0.3) is 0 Å². The first-order valence-corrected chi connectivity index (χ1v) is 5.89. The van der Waals surface area contributed by atoms with Crippen LogP contribution in [0.3, 0.4) is 0 Å². The molecule has 0 heterocycles. The molecule has 0 amide bonds. The van der Waals surface area contributed by atoms with Crippen molar-refractivity contribution >= 4 is 38.9 Å². The molecule has 0 bridgehead atoms. The third kappa shape index (κ3) is 3.79. The van der Waals surface area contributed by atoms with Crippen LogP contribution in [0, 0.1) is 15.9 Å². The minimum atomic E-state index is -0.858. The van der Waals surface area contributed by atoms with E-state index in [0.29, 0.717) is 0 Å². The van der Waals surface area contributed by atoms with Crippen LogP contribution in [-0.2, 0) is 0 Å². The van der Waals surface area contributed by atoms with Crippen molar-refractivity contribution in [3.05, 3.63) is 32.5 Å². The maximum Gasteiger partial charge on any atom is 0.293 e. The van der Waals surface area contributed by atoms with Crippen LogP contribution in [0.1, 0.15) is 0 Å². The van der Waals surface area contributed by atoms with Gasteiger partial charge in [0.2, 0.25) is 0 Å². The van der Waals surface area contributed by atoms with Crippen LogP contribution in [-0.4, -0.2) is 28.6 Å². The van der Waals surface area contributed by atoms with Crippen molar-refractivity contribution < 1.29 is 14.4 Å². The number of anilines is 1. The third-order valence-electron chi connectivity index (χ3n) is 1.94. The molecule has 0 saturated heterocycles. The number of nitro benzene ring substituents is 1. The van der Waals surface area contributed by atoms with Gasteiger partial charge in [-0.3, -0.25) is 10.1 Å². The molecule has 0 saturated carbocycles. The zero-order valence-electron chi connectivity index (χ0n) is 8.49. The Morgan fingerprint density at radius 1 is 1.65 bits per heavy atom. The summed E-state index contributed by atoms with van der Waals surface area (Å²) in [5.41, 5.74) is -0.278. The molecule has 1 rings (SSSR count). The average molecular weight is 328 g/mol. The summed E-state index contributed by atoms with van der Waals surface area (Å²) >= 11 is 8.24. The van der Waals surface area contributed by atoms with Gasteiger partial charge in [0.25, 0.3) is 5.69 Å². The highest BCUT2D eigenvalue weighted by Gasteiger charge is 2.17. The Hall–Kier alpha value is -0.920. The Balaban J connectivity index is 2.96. The van der Waals surface area contributed by atoms with Gasteiger partial charge in [-0.25, -0.2) is 4.39 Å². The predicted octanol–water partition coefficient (Wildman–Crippen LogP) is 2.51. The van der Waals surface area contributed by atoms with Crippen molar-refractivity contribution in [3.63, 3.8) is 0 Å². The number of hydrogen-bond donors (Lipinski definition) is 2. The van der Waals surface area contributed by atoms with Crippen molar-refractivity contribution in [1.82, 2.24) is 0 Å². The molecule has 0 aromatic heterocycles. The van der Waals surface area contributed by atoms with E-state index in [1.54, 1.807) is 0 Å². The van der Waals surface area contributed by atoms with E-state index in [2.05, 4.69) is 21.2 Å². The number of nitro groups is 1. The molecule has 0 radical (unpaired) electrons. The van der Waals surface area contributed by atoms with E-state index in [1.165, 1.54) is 0 Å². The molecule has 1 aromatic rings. The summed E-state index contributed by atoms with van der Waals surface area (Å²) in [6, 6.07) is 2.05.